The molecule has 0 atom stereocenters. The van der Waals surface area contributed by atoms with Crippen LogP contribution in [0.5, 0.6) is 11.5 Å². The Hall–Kier alpha value is -4.86. The second-order valence-corrected chi connectivity index (χ2v) is 14.7. The minimum Gasteiger partial charge on any atom is -0.509 e. The van der Waals surface area contributed by atoms with Crippen molar-refractivity contribution in [1.82, 2.24) is 9.55 Å². The Morgan fingerprint density at radius 2 is 1.30 bits per heavy atom. The standard InChI is InChI=1S/C44H39N4O.Pt/c1-43(2,3)30-22-23-45-42(26-30)48-38-17-11-10-16-36(38)37-21-20-34(28-41(37)48)49-35-25-31(44(4,5)6)24-33(27-35)47-29-46(32-14-8-7-9-15-32)39-18-12-13-19-40(39)47;/h7-26,29H,1-6H3;/q-3;. The predicted molar refractivity (Wildman–Crippen MR) is 202 cm³/mol. The second kappa shape index (κ2) is 12.8. The van der Waals surface area contributed by atoms with Crippen LogP contribution in [0.4, 0.5) is 22.7 Å². The summed E-state index contributed by atoms with van der Waals surface area (Å²) in [5.41, 5.74) is 8.46. The van der Waals surface area contributed by atoms with E-state index in [-0.39, 0.29) is 31.9 Å². The molecule has 0 aliphatic carbocycles. The summed E-state index contributed by atoms with van der Waals surface area (Å²) in [7, 11) is 0. The van der Waals surface area contributed by atoms with E-state index in [1.54, 1.807) is 0 Å². The molecule has 3 heterocycles. The summed E-state index contributed by atoms with van der Waals surface area (Å²) < 4.78 is 8.88. The van der Waals surface area contributed by atoms with Gasteiger partial charge in [0, 0.05) is 61.3 Å². The zero-order valence-electron chi connectivity index (χ0n) is 29.1. The van der Waals surface area contributed by atoms with Crippen LogP contribution in [0.15, 0.2) is 121 Å². The van der Waals surface area contributed by atoms with Crippen molar-refractivity contribution in [3.63, 3.8) is 0 Å². The van der Waals surface area contributed by atoms with Crippen molar-refractivity contribution in [2.75, 3.05) is 9.80 Å². The summed E-state index contributed by atoms with van der Waals surface area (Å²) in [5, 5.41) is 2.25. The number of anilines is 4. The van der Waals surface area contributed by atoms with Crippen LogP contribution in [0.2, 0.25) is 0 Å². The number of nitrogens with zero attached hydrogens (tertiary/aromatic N) is 4. The first-order valence-corrected chi connectivity index (χ1v) is 16.8. The molecule has 0 fully saturated rings. The van der Waals surface area contributed by atoms with Crippen molar-refractivity contribution < 1.29 is 25.8 Å². The fraction of sp³-hybridized carbons (Fsp3) is 0.182. The van der Waals surface area contributed by atoms with Gasteiger partial charge in [0.1, 0.15) is 5.82 Å². The quantitative estimate of drug-likeness (QED) is 0.162. The molecule has 7 aromatic rings. The number of aromatic nitrogens is 2. The monoisotopic (exact) mass is 834 g/mol. The molecule has 2 aromatic heterocycles. The molecule has 1 aliphatic rings. The minimum atomic E-state index is -0.121. The van der Waals surface area contributed by atoms with E-state index >= 15 is 0 Å². The van der Waals surface area contributed by atoms with Gasteiger partial charge in [-0.05, 0) is 64.2 Å². The van der Waals surface area contributed by atoms with Gasteiger partial charge in [0.05, 0.1) is 0 Å². The minimum absolute atomic E-state index is 0. The molecule has 0 saturated carbocycles. The van der Waals surface area contributed by atoms with Gasteiger partial charge in [0.25, 0.3) is 0 Å². The molecule has 254 valence electrons. The Balaban J connectivity index is 0.00000392. The molecular weight excluding hydrogens is 796 g/mol. The first kappa shape index (κ1) is 33.6. The summed E-state index contributed by atoms with van der Waals surface area (Å²) >= 11 is 0. The molecule has 0 unspecified atom stereocenters. The zero-order valence-corrected chi connectivity index (χ0v) is 31.4. The van der Waals surface area contributed by atoms with Crippen LogP contribution in [0.3, 0.4) is 0 Å². The fourth-order valence-electron chi connectivity index (χ4n) is 6.54. The molecule has 5 aromatic carbocycles. The van der Waals surface area contributed by atoms with E-state index in [1.165, 1.54) is 5.56 Å². The van der Waals surface area contributed by atoms with Crippen LogP contribution in [-0.2, 0) is 31.9 Å². The first-order valence-electron chi connectivity index (χ1n) is 16.8. The Labute approximate surface area is 309 Å². The fourth-order valence-corrected chi connectivity index (χ4v) is 6.54. The average molecular weight is 835 g/mol. The maximum Gasteiger partial charge on any atom is 0.135 e. The van der Waals surface area contributed by atoms with E-state index in [9.17, 15) is 0 Å². The number of hydrogen-bond acceptors (Lipinski definition) is 4. The second-order valence-electron chi connectivity index (χ2n) is 14.7. The van der Waals surface area contributed by atoms with Crippen LogP contribution in [-0.4, -0.2) is 9.55 Å². The van der Waals surface area contributed by atoms with Gasteiger partial charge in [-0.15, -0.1) is 53.6 Å². The number of fused-ring (bicyclic) bond motifs is 4. The summed E-state index contributed by atoms with van der Waals surface area (Å²) in [6, 6.07) is 47.3. The average Bonchev–Trinajstić information content (AvgIpc) is 3.64. The van der Waals surface area contributed by atoms with Gasteiger partial charge in [0.15, 0.2) is 0 Å². The normalized spacial score (nSPS) is 13.1. The maximum atomic E-state index is 6.69. The molecule has 6 heteroatoms. The van der Waals surface area contributed by atoms with Gasteiger partial charge in [-0.1, -0.05) is 95.6 Å². The Kier molecular flexibility index (Phi) is 8.60. The number of benzene rings is 5. The van der Waals surface area contributed by atoms with E-state index in [0.717, 1.165) is 55.9 Å². The number of hydrogen-bond donors (Lipinski definition) is 0. The molecule has 0 amide bonds. The van der Waals surface area contributed by atoms with Crippen LogP contribution in [0.25, 0.3) is 27.6 Å². The van der Waals surface area contributed by atoms with Gasteiger partial charge < -0.3 is 19.1 Å². The third-order valence-corrected chi connectivity index (χ3v) is 9.24. The molecule has 0 N–H and O–H groups in total. The Morgan fingerprint density at radius 1 is 0.620 bits per heavy atom. The van der Waals surface area contributed by atoms with Crippen LogP contribution < -0.4 is 14.5 Å². The summed E-state index contributed by atoms with van der Waals surface area (Å²) in [5.74, 6) is 2.12. The van der Waals surface area contributed by atoms with E-state index in [0.29, 0.717) is 11.5 Å². The molecule has 1 aliphatic heterocycles. The van der Waals surface area contributed by atoms with Gasteiger partial charge in [-0.3, -0.25) is 0 Å². The Morgan fingerprint density at radius 3 is 2.04 bits per heavy atom. The molecule has 8 rings (SSSR count). The molecule has 5 nitrogen and oxygen atoms in total. The molecular formula is C44H39N4OPt-3. The number of ether oxygens (including phenoxy) is 1. The third-order valence-electron chi connectivity index (χ3n) is 9.24. The van der Waals surface area contributed by atoms with Gasteiger partial charge in [-0.2, -0.15) is 6.07 Å². The smallest absolute Gasteiger partial charge is 0.135 e. The van der Waals surface area contributed by atoms with Crippen molar-refractivity contribution in [2.45, 2.75) is 52.4 Å². The van der Waals surface area contributed by atoms with Gasteiger partial charge in [0.2, 0.25) is 0 Å². The molecule has 0 radical (unpaired) electrons. The number of pyridine rings is 1. The third kappa shape index (κ3) is 6.09. The van der Waals surface area contributed by atoms with E-state index in [4.69, 9.17) is 9.72 Å². The van der Waals surface area contributed by atoms with Crippen molar-refractivity contribution in [1.29, 1.82) is 0 Å². The summed E-state index contributed by atoms with van der Waals surface area (Å²) in [4.78, 5) is 9.25. The molecule has 0 bridgehead atoms. The van der Waals surface area contributed by atoms with Crippen molar-refractivity contribution >= 4 is 44.6 Å². The van der Waals surface area contributed by atoms with Gasteiger partial charge >= 0.3 is 0 Å². The van der Waals surface area contributed by atoms with E-state index in [2.05, 4.69) is 178 Å². The number of rotatable bonds is 5. The summed E-state index contributed by atoms with van der Waals surface area (Å²) in [6.07, 6.45) is 1.90. The topological polar surface area (TPSA) is 33.5 Å². The van der Waals surface area contributed by atoms with Crippen molar-refractivity contribution in [3.8, 4) is 17.3 Å². The van der Waals surface area contributed by atoms with E-state index < -0.39 is 0 Å². The van der Waals surface area contributed by atoms with Crippen molar-refractivity contribution in [3.05, 3.63) is 151 Å². The Bertz CT molecular complexity index is 2330. The SMILES string of the molecule is CC(C)(C)c1cc(Oc2[c-]c3c(cc2)c2ccccc2n3-c2cc(C(C)(C)C)ccn2)[c-]c(N2[CH-]N(c3ccccc3)c3ccccc32)c1.[Pt]. The molecule has 50 heavy (non-hydrogen) atoms. The molecule has 0 saturated heterocycles. The number of para-hydroxylation sites is 4. The summed E-state index contributed by atoms with van der Waals surface area (Å²) in [6.45, 7) is 15.5. The van der Waals surface area contributed by atoms with E-state index in [1.807, 2.05) is 18.3 Å². The first-order chi connectivity index (χ1) is 23.5. The zero-order chi connectivity index (χ0) is 33.9. The van der Waals surface area contributed by atoms with Crippen LogP contribution in [0.1, 0.15) is 52.7 Å². The largest absolute Gasteiger partial charge is 0.509 e. The van der Waals surface area contributed by atoms with Crippen molar-refractivity contribution in [2.24, 2.45) is 0 Å². The molecule has 0 spiro atoms. The van der Waals surface area contributed by atoms with Crippen LogP contribution >= 0.6 is 0 Å². The van der Waals surface area contributed by atoms with Crippen LogP contribution in [0, 0.1) is 18.8 Å². The van der Waals surface area contributed by atoms with Gasteiger partial charge in [-0.25, -0.2) is 4.98 Å². The predicted octanol–water partition coefficient (Wildman–Crippen LogP) is 11.6. The maximum absolute atomic E-state index is 6.69.